The highest BCUT2D eigenvalue weighted by Crippen LogP contribution is 2.14. The van der Waals surface area contributed by atoms with E-state index in [2.05, 4.69) is 11.3 Å². The molecule has 0 aliphatic rings. The highest BCUT2D eigenvalue weighted by atomic mass is 19.4. The molecule has 0 aliphatic heterocycles. The average Bonchev–Trinajstić information content (AvgIpc) is 2.02. The largest absolute Gasteiger partial charge is 0.411 e. The van der Waals surface area contributed by atoms with Crippen LogP contribution in [0.3, 0.4) is 0 Å². The van der Waals surface area contributed by atoms with E-state index in [1.165, 1.54) is 0 Å². The number of alkyl halides is 3. The van der Waals surface area contributed by atoms with E-state index in [0.717, 1.165) is 12.8 Å². The van der Waals surface area contributed by atoms with Crippen molar-refractivity contribution >= 4 is 0 Å². The zero-order valence-electron chi connectivity index (χ0n) is 8.02. The predicted molar refractivity (Wildman–Crippen MR) is 48.9 cm³/mol. The van der Waals surface area contributed by atoms with Gasteiger partial charge < -0.3 is 10.5 Å². The van der Waals surface area contributed by atoms with Gasteiger partial charge in [-0.3, -0.25) is 0 Å². The van der Waals surface area contributed by atoms with E-state index in [-0.39, 0.29) is 12.6 Å². The van der Waals surface area contributed by atoms with Crippen LogP contribution in [0.2, 0.25) is 0 Å². The first kappa shape index (κ1) is 13.4. The highest BCUT2D eigenvalue weighted by Gasteiger charge is 2.27. The van der Waals surface area contributed by atoms with E-state index in [4.69, 9.17) is 5.73 Å². The van der Waals surface area contributed by atoms with E-state index in [9.17, 15) is 13.2 Å². The molecular formula is C9H16F3NO. The van der Waals surface area contributed by atoms with Gasteiger partial charge in [0.2, 0.25) is 0 Å². The first-order valence-electron chi connectivity index (χ1n) is 4.46. The maximum Gasteiger partial charge on any atom is 0.411 e. The lowest BCUT2D eigenvalue weighted by Crippen LogP contribution is -2.29. The second kappa shape index (κ2) is 6.84. The Labute approximate surface area is 81.9 Å². The van der Waals surface area contributed by atoms with Gasteiger partial charge in [-0.05, 0) is 19.3 Å². The normalized spacial score (nSPS) is 14.0. The molecule has 0 radical (unpaired) electrons. The van der Waals surface area contributed by atoms with Gasteiger partial charge in [0.1, 0.15) is 6.61 Å². The molecule has 0 aromatic rings. The second-order valence-corrected chi connectivity index (χ2v) is 3.11. The summed E-state index contributed by atoms with van der Waals surface area (Å²) >= 11 is 0. The van der Waals surface area contributed by atoms with Gasteiger partial charge in [0, 0.05) is 6.04 Å². The number of halogens is 3. The first-order chi connectivity index (χ1) is 6.45. The van der Waals surface area contributed by atoms with Crippen molar-refractivity contribution in [3.63, 3.8) is 0 Å². The summed E-state index contributed by atoms with van der Waals surface area (Å²) in [6.07, 6.45) is -0.193. The molecule has 0 aliphatic carbocycles. The number of allylic oxidation sites excluding steroid dienone is 1. The number of rotatable bonds is 7. The molecule has 0 amide bonds. The average molecular weight is 211 g/mol. The van der Waals surface area contributed by atoms with Crippen LogP contribution in [0.5, 0.6) is 0 Å². The summed E-state index contributed by atoms with van der Waals surface area (Å²) in [5.74, 6) is 0. The number of hydrogen-bond acceptors (Lipinski definition) is 2. The molecule has 1 unspecified atom stereocenters. The number of unbranched alkanes of at least 4 members (excludes halogenated alkanes) is 1. The van der Waals surface area contributed by atoms with Crippen LogP contribution in [0, 0.1) is 0 Å². The molecule has 5 heteroatoms. The van der Waals surface area contributed by atoms with Gasteiger partial charge >= 0.3 is 6.18 Å². The smallest absolute Gasteiger partial charge is 0.370 e. The van der Waals surface area contributed by atoms with Gasteiger partial charge in [-0.25, -0.2) is 0 Å². The number of nitrogens with two attached hydrogens (primary N) is 1. The summed E-state index contributed by atoms with van der Waals surface area (Å²) in [4.78, 5) is 0. The van der Waals surface area contributed by atoms with Crippen LogP contribution >= 0.6 is 0 Å². The van der Waals surface area contributed by atoms with E-state index < -0.39 is 12.8 Å². The fraction of sp³-hybridized carbons (Fsp3) is 0.778. The number of ether oxygens (including phenoxy) is 1. The lowest BCUT2D eigenvalue weighted by molar-refractivity contribution is -0.174. The fourth-order valence-corrected chi connectivity index (χ4v) is 0.934. The molecule has 0 saturated heterocycles. The molecule has 0 spiro atoms. The third-order valence-electron chi connectivity index (χ3n) is 1.58. The lowest BCUT2D eigenvalue weighted by atomic mass is 10.1. The topological polar surface area (TPSA) is 35.2 Å². The minimum Gasteiger partial charge on any atom is -0.370 e. The Morgan fingerprint density at radius 3 is 2.57 bits per heavy atom. The van der Waals surface area contributed by atoms with E-state index in [0.29, 0.717) is 6.42 Å². The van der Waals surface area contributed by atoms with Crippen molar-refractivity contribution in [3.8, 4) is 0 Å². The summed E-state index contributed by atoms with van der Waals surface area (Å²) in [7, 11) is 0. The van der Waals surface area contributed by atoms with Gasteiger partial charge in [0.15, 0.2) is 0 Å². The third-order valence-corrected chi connectivity index (χ3v) is 1.58. The molecule has 0 heterocycles. The van der Waals surface area contributed by atoms with Crippen LogP contribution < -0.4 is 5.73 Å². The minimum atomic E-state index is -4.26. The van der Waals surface area contributed by atoms with E-state index in [1.54, 1.807) is 6.08 Å². The molecule has 14 heavy (non-hydrogen) atoms. The molecule has 84 valence electrons. The Morgan fingerprint density at radius 1 is 1.43 bits per heavy atom. The Hall–Kier alpha value is -0.550. The monoisotopic (exact) mass is 211 g/mol. The number of hydrogen-bond donors (Lipinski definition) is 1. The van der Waals surface area contributed by atoms with Crippen LogP contribution in [0.15, 0.2) is 12.7 Å². The van der Waals surface area contributed by atoms with Crippen LogP contribution in [0.25, 0.3) is 0 Å². The molecule has 1 atom stereocenters. The second-order valence-electron chi connectivity index (χ2n) is 3.11. The molecule has 2 N–H and O–H groups in total. The highest BCUT2D eigenvalue weighted by molar-refractivity contribution is 4.68. The summed E-state index contributed by atoms with van der Waals surface area (Å²) < 4.78 is 39.3. The summed E-state index contributed by atoms with van der Waals surface area (Å²) in [6, 6.07) is -0.322. The Kier molecular flexibility index (Phi) is 6.57. The fourth-order valence-electron chi connectivity index (χ4n) is 0.934. The van der Waals surface area contributed by atoms with Gasteiger partial charge in [-0.15, -0.1) is 6.58 Å². The predicted octanol–water partition coefficient (Wildman–Crippen LogP) is 2.25. The van der Waals surface area contributed by atoms with Gasteiger partial charge in [0.05, 0.1) is 6.61 Å². The zero-order chi connectivity index (χ0) is 11.0. The lowest BCUT2D eigenvalue weighted by Gasteiger charge is -2.12. The van der Waals surface area contributed by atoms with Crippen molar-refractivity contribution in [2.45, 2.75) is 31.5 Å². The molecule has 0 rings (SSSR count). The minimum absolute atomic E-state index is 0.0450. The molecule has 0 fully saturated rings. The molecule has 0 saturated carbocycles. The third kappa shape index (κ3) is 9.54. The molecule has 0 bridgehead atoms. The van der Waals surface area contributed by atoms with Crippen molar-refractivity contribution in [3.05, 3.63) is 12.7 Å². The van der Waals surface area contributed by atoms with Crippen molar-refractivity contribution < 1.29 is 17.9 Å². The summed E-state index contributed by atoms with van der Waals surface area (Å²) in [5, 5.41) is 0. The Bertz CT molecular complexity index is 159. The zero-order valence-corrected chi connectivity index (χ0v) is 8.02. The van der Waals surface area contributed by atoms with Crippen molar-refractivity contribution in [2.24, 2.45) is 5.73 Å². The van der Waals surface area contributed by atoms with E-state index >= 15 is 0 Å². The first-order valence-corrected chi connectivity index (χ1v) is 4.46. The van der Waals surface area contributed by atoms with Crippen molar-refractivity contribution in [1.29, 1.82) is 0 Å². The quantitative estimate of drug-likeness (QED) is 0.517. The molecular weight excluding hydrogens is 195 g/mol. The van der Waals surface area contributed by atoms with Crippen LogP contribution in [0.4, 0.5) is 13.2 Å². The van der Waals surface area contributed by atoms with Crippen LogP contribution in [0.1, 0.15) is 19.3 Å². The molecule has 2 nitrogen and oxygen atoms in total. The van der Waals surface area contributed by atoms with Gasteiger partial charge in [-0.1, -0.05) is 6.08 Å². The molecule has 0 aromatic carbocycles. The Balaban J connectivity index is 3.35. The summed E-state index contributed by atoms with van der Waals surface area (Å²) in [6.45, 7) is 2.27. The van der Waals surface area contributed by atoms with Crippen molar-refractivity contribution in [2.75, 3.05) is 13.2 Å². The van der Waals surface area contributed by atoms with Crippen molar-refractivity contribution in [1.82, 2.24) is 0 Å². The Morgan fingerprint density at radius 2 is 2.07 bits per heavy atom. The van der Waals surface area contributed by atoms with Crippen LogP contribution in [-0.2, 0) is 4.74 Å². The maximum absolute atomic E-state index is 11.6. The summed E-state index contributed by atoms with van der Waals surface area (Å²) in [5.41, 5.74) is 5.52. The van der Waals surface area contributed by atoms with Crippen LogP contribution in [-0.4, -0.2) is 25.4 Å². The maximum atomic E-state index is 11.6. The molecule has 0 aromatic heterocycles. The van der Waals surface area contributed by atoms with Gasteiger partial charge in [0.25, 0.3) is 0 Å². The standard InChI is InChI=1S/C9H16F3NO/c1-2-3-4-5-8(13)6-14-7-9(10,11)12/h2,8H,1,3-7,13H2. The SMILES string of the molecule is C=CCCCC(N)COCC(F)(F)F. The van der Waals surface area contributed by atoms with Gasteiger partial charge in [-0.2, -0.15) is 13.2 Å². The van der Waals surface area contributed by atoms with E-state index in [1.807, 2.05) is 0 Å².